The van der Waals surface area contributed by atoms with Gasteiger partial charge in [-0.05, 0) is 29.3 Å². The monoisotopic (exact) mass is 483 g/mol. The van der Waals surface area contributed by atoms with E-state index in [0.717, 1.165) is 35.4 Å². The van der Waals surface area contributed by atoms with Crippen molar-refractivity contribution in [2.24, 2.45) is 5.73 Å². The molecular weight excluding hydrogens is 458 g/mol. The normalized spacial score (nSPS) is 13.4. The first-order chi connectivity index (χ1) is 17.5. The number of carbonyl (C=O) groups is 1. The van der Waals surface area contributed by atoms with Crippen molar-refractivity contribution < 1.29 is 14.3 Å². The maximum Gasteiger partial charge on any atom is 0.248 e. The maximum atomic E-state index is 11.6. The lowest BCUT2D eigenvalue weighted by Gasteiger charge is -2.28. The number of nitrogens with two attached hydrogens (primary N) is 1. The molecule has 10 heteroatoms. The second-order valence-electron chi connectivity index (χ2n) is 8.19. The summed E-state index contributed by atoms with van der Waals surface area (Å²) < 4.78 is 11.0. The second kappa shape index (κ2) is 9.96. The van der Waals surface area contributed by atoms with Crippen molar-refractivity contribution in [3.8, 4) is 17.0 Å². The summed E-state index contributed by atoms with van der Waals surface area (Å²) in [4.78, 5) is 31.9. The summed E-state index contributed by atoms with van der Waals surface area (Å²) >= 11 is 0. The third kappa shape index (κ3) is 4.66. The van der Waals surface area contributed by atoms with Crippen molar-refractivity contribution in [2.75, 3.05) is 43.6 Å². The molecule has 10 nitrogen and oxygen atoms in total. The van der Waals surface area contributed by atoms with Gasteiger partial charge in [-0.3, -0.25) is 9.78 Å². The number of pyridine rings is 2. The smallest absolute Gasteiger partial charge is 0.248 e. The first-order valence-electron chi connectivity index (χ1n) is 11.4. The summed E-state index contributed by atoms with van der Waals surface area (Å²) in [6, 6.07) is 11.2. The third-order valence-electron chi connectivity index (χ3n) is 5.93. The Kier molecular flexibility index (Phi) is 6.42. The van der Waals surface area contributed by atoms with Gasteiger partial charge in [-0.25, -0.2) is 9.97 Å². The van der Waals surface area contributed by atoms with E-state index in [9.17, 15) is 4.79 Å². The van der Waals surface area contributed by atoms with Gasteiger partial charge < -0.3 is 25.4 Å². The lowest BCUT2D eigenvalue weighted by Crippen LogP contribution is -2.36. The van der Waals surface area contributed by atoms with Crippen LogP contribution in [0.15, 0.2) is 61.6 Å². The predicted octanol–water partition coefficient (Wildman–Crippen LogP) is 3.17. The van der Waals surface area contributed by atoms with Gasteiger partial charge >= 0.3 is 0 Å². The zero-order chi connectivity index (χ0) is 25.1. The molecule has 0 bridgehead atoms. The molecule has 1 aromatic carbocycles. The Hall–Kier alpha value is -4.57. The quantitative estimate of drug-likeness (QED) is 0.381. The van der Waals surface area contributed by atoms with E-state index in [0.29, 0.717) is 41.8 Å². The molecule has 0 atom stereocenters. The van der Waals surface area contributed by atoms with Crippen molar-refractivity contribution in [2.45, 2.75) is 0 Å². The summed E-state index contributed by atoms with van der Waals surface area (Å²) in [5, 5.41) is 3.99. The summed E-state index contributed by atoms with van der Waals surface area (Å²) in [6.45, 7) is 6.69. The maximum absolute atomic E-state index is 11.6. The Morgan fingerprint density at radius 3 is 2.75 bits per heavy atom. The van der Waals surface area contributed by atoms with Crippen LogP contribution in [0.4, 0.5) is 17.5 Å². The lowest BCUT2D eigenvalue weighted by molar-refractivity contribution is -0.112. The number of aromatic nitrogens is 4. The highest BCUT2D eigenvalue weighted by molar-refractivity contribution is 6.18. The number of ether oxygens (including phenoxy) is 2. The Morgan fingerprint density at radius 2 is 1.97 bits per heavy atom. The van der Waals surface area contributed by atoms with E-state index >= 15 is 0 Å². The molecule has 0 unspecified atom stereocenters. The summed E-state index contributed by atoms with van der Waals surface area (Å²) in [7, 11) is 1.58. The number of carbonyl (C=O) groups excluding carboxylic acids is 1. The number of nitrogens with one attached hydrogen (secondary N) is 1. The van der Waals surface area contributed by atoms with Crippen molar-refractivity contribution in [3.63, 3.8) is 0 Å². The Labute approximate surface area is 207 Å². The zero-order valence-corrected chi connectivity index (χ0v) is 19.8. The molecule has 1 saturated heterocycles. The standard InChI is InChI=1S/C26H25N7O3/c1-16(24(27)34)17-4-3-5-18(12-17)20-15-28-13-19-14-29-26(32-23(19)20)30-21-6-7-22(31-25(21)35-2)33-8-10-36-11-9-33/h3-7,12-15H,1,8-11H2,2H3,(H2,27,34)(H,29,30,32). The predicted molar refractivity (Wildman–Crippen MR) is 138 cm³/mol. The highest BCUT2D eigenvalue weighted by atomic mass is 16.5. The highest BCUT2D eigenvalue weighted by Crippen LogP contribution is 2.31. The van der Waals surface area contributed by atoms with E-state index in [1.165, 1.54) is 0 Å². The molecule has 1 aliphatic heterocycles. The number of nitrogens with zero attached hydrogens (tertiary/aromatic N) is 5. The van der Waals surface area contributed by atoms with Crippen LogP contribution in [0.2, 0.25) is 0 Å². The second-order valence-corrected chi connectivity index (χ2v) is 8.19. The van der Waals surface area contributed by atoms with E-state index < -0.39 is 5.91 Å². The molecule has 3 aromatic heterocycles. The van der Waals surface area contributed by atoms with Crippen LogP contribution in [0, 0.1) is 0 Å². The molecule has 0 radical (unpaired) electrons. The van der Waals surface area contributed by atoms with Gasteiger partial charge in [0, 0.05) is 48.2 Å². The van der Waals surface area contributed by atoms with Gasteiger partial charge in [-0.1, -0.05) is 24.8 Å². The van der Waals surface area contributed by atoms with Crippen LogP contribution in [0.25, 0.3) is 27.6 Å². The molecular formula is C26H25N7O3. The summed E-state index contributed by atoms with van der Waals surface area (Å²) in [5.74, 6) is 1.08. The average Bonchev–Trinajstić information content (AvgIpc) is 2.93. The topological polar surface area (TPSA) is 128 Å². The van der Waals surface area contributed by atoms with Gasteiger partial charge in [0.05, 0.1) is 25.8 Å². The van der Waals surface area contributed by atoms with Crippen molar-refractivity contribution in [3.05, 3.63) is 67.1 Å². The molecule has 0 aliphatic carbocycles. The number of rotatable bonds is 7. The highest BCUT2D eigenvalue weighted by Gasteiger charge is 2.16. The molecule has 0 saturated carbocycles. The molecule has 1 aliphatic rings. The van der Waals surface area contributed by atoms with Crippen LogP contribution >= 0.6 is 0 Å². The molecule has 1 fully saturated rings. The molecule has 4 heterocycles. The minimum Gasteiger partial charge on any atom is -0.479 e. The Bertz CT molecular complexity index is 1450. The Morgan fingerprint density at radius 1 is 1.14 bits per heavy atom. The van der Waals surface area contributed by atoms with E-state index in [2.05, 4.69) is 31.7 Å². The molecule has 4 aromatic rings. The largest absolute Gasteiger partial charge is 0.479 e. The number of primary amides is 1. The van der Waals surface area contributed by atoms with Gasteiger partial charge in [-0.2, -0.15) is 4.98 Å². The number of hydrogen-bond donors (Lipinski definition) is 2. The van der Waals surface area contributed by atoms with Crippen molar-refractivity contribution in [1.29, 1.82) is 0 Å². The molecule has 0 spiro atoms. The van der Waals surface area contributed by atoms with Crippen LogP contribution in [-0.4, -0.2) is 59.3 Å². The molecule has 1 amide bonds. The average molecular weight is 484 g/mol. The van der Waals surface area contributed by atoms with E-state index in [1.54, 1.807) is 31.8 Å². The molecule has 36 heavy (non-hydrogen) atoms. The fraction of sp³-hybridized carbons (Fsp3) is 0.192. The molecule has 3 N–H and O–H groups in total. The fourth-order valence-corrected chi connectivity index (χ4v) is 4.01. The van der Waals surface area contributed by atoms with Crippen molar-refractivity contribution in [1.82, 2.24) is 19.9 Å². The number of amides is 1. The van der Waals surface area contributed by atoms with Crippen LogP contribution in [0.1, 0.15) is 5.56 Å². The third-order valence-corrected chi connectivity index (χ3v) is 5.93. The Balaban J connectivity index is 1.48. The van der Waals surface area contributed by atoms with Crippen LogP contribution in [0.3, 0.4) is 0 Å². The molecule has 182 valence electrons. The fourth-order valence-electron chi connectivity index (χ4n) is 4.01. The van der Waals surface area contributed by atoms with Gasteiger partial charge in [0.2, 0.25) is 17.7 Å². The van der Waals surface area contributed by atoms with Gasteiger partial charge in [0.15, 0.2) is 0 Å². The van der Waals surface area contributed by atoms with E-state index in [-0.39, 0.29) is 5.57 Å². The van der Waals surface area contributed by atoms with Gasteiger partial charge in [0.25, 0.3) is 0 Å². The van der Waals surface area contributed by atoms with Gasteiger partial charge in [-0.15, -0.1) is 0 Å². The number of anilines is 3. The van der Waals surface area contributed by atoms with Crippen LogP contribution < -0.4 is 20.7 Å². The number of benzene rings is 1. The first kappa shape index (κ1) is 23.2. The first-order valence-corrected chi connectivity index (χ1v) is 11.4. The van der Waals surface area contributed by atoms with E-state index in [4.69, 9.17) is 20.2 Å². The zero-order valence-electron chi connectivity index (χ0n) is 19.8. The summed E-state index contributed by atoms with van der Waals surface area (Å²) in [6.07, 6.45) is 5.13. The van der Waals surface area contributed by atoms with Gasteiger partial charge in [0.1, 0.15) is 11.5 Å². The minimum atomic E-state index is -0.570. The number of morpholine rings is 1. The summed E-state index contributed by atoms with van der Waals surface area (Å²) in [5.41, 5.74) is 9.24. The number of methoxy groups -OCH3 is 1. The van der Waals surface area contributed by atoms with Crippen LogP contribution in [-0.2, 0) is 9.53 Å². The minimum absolute atomic E-state index is 0.238. The lowest BCUT2D eigenvalue weighted by atomic mass is 9.99. The SMILES string of the molecule is C=C(C(N)=O)c1cccc(-c2cncc3cnc(Nc4ccc(N5CCOCC5)nc4OC)nc23)c1. The van der Waals surface area contributed by atoms with Crippen LogP contribution in [0.5, 0.6) is 5.88 Å². The number of fused-ring (bicyclic) bond motifs is 1. The number of hydrogen-bond acceptors (Lipinski definition) is 9. The van der Waals surface area contributed by atoms with E-state index in [1.807, 2.05) is 30.3 Å². The van der Waals surface area contributed by atoms with Crippen molar-refractivity contribution >= 4 is 39.8 Å². The molecule has 5 rings (SSSR count).